The van der Waals surface area contributed by atoms with Crippen LogP contribution in [-0.2, 0) is 9.53 Å². The minimum Gasteiger partial charge on any atom is -0.462 e. The molecule has 0 radical (unpaired) electrons. The molecule has 2 unspecified atom stereocenters. The summed E-state index contributed by atoms with van der Waals surface area (Å²) in [4.78, 5) is 13.1. The Morgan fingerprint density at radius 1 is 0.532 bits per heavy atom. The first kappa shape index (κ1) is 43.5. The van der Waals surface area contributed by atoms with Crippen LogP contribution in [0, 0.1) is 11.8 Å². The van der Waals surface area contributed by atoms with E-state index in [1.807, 2.05) is 0 Å². The van der Waals surface area contributed by atoms with E-state index < -0.39 is 0 Å². The van der Waals surface area contributed by atoms with Crippen molar-refractivity contribution in [1.29, 1.82) is 0 Å². The molecule has 47 heavy (non-hydrogen) atoms. The lowest BCUT2D eigenvalue weighted by Crippen LogP contribution is -2.30. The van der Waals surface area contributed by atoms with Crippen molar-refractivity contribution in [1.82, 2.24) is 0 Å². The van der Waals surface area contributed by atoms with E-state index in [4.69, 9.17) is 4.74 Å². The molecule has 1 fully saturated rings. The number of unbranched alkanes of at least 4 members (excludes halogenated alkanes) is 18. The predicted octanol–water partition coefficient (Wildman–Crippen LogP) is 15.1. The Balaban J connectivity index is 2.18. The minimum atomic E-state index is 0.113. The largest absolute Gasteiger partial charge is 0.462 e. The molecule has 2 atom stereocenters. The predicted molar refractivity (Wildman–Crippen MR) is 209 cm³/mol. The summed E-state index contributed by atoms with van der Waals surface area (Å²) < 4.78 is 6.25. The van der Waals surface area contributed by atoms with E-state index in [1.54, 1.807) is 0 Å². The van der Waals surface area contributed by atoms with E-state index in [0.717, 1.165) is 32.1 Å². The average Bonchev–Trinajstić information content (AvgIpc) is 3.07. The second-order valence-electron chi connectivity index (χ2n) is 14.7. The zero-order chi connectivity index (χ0) is 33.9. The minimum absolute atomic E-state index is 0.113. The molecule has 0 spiro atoms. The number of hydrogen-bond acceptors (Lipinski definition) is 2. The van der Waals surface area contributed by atoms with Crippen LogP contribution < -0.4 is 0 Å². The number of esters is 1. The smallest absolute Gasteiger partial charge is 0.309 e. The molecule has 0 N–H and O–H groups in total. The first-order valence-electron chi connectivity index (χ1n) is 21.0. The molecular formula is C45H80O2. The fourth-order valence-corrected chi connectivity index (χ4v) is 6.90. The number of carbonyl (C=O) groups excluding carboxylic acids is 1. The molecule has 272 valence electrons. The monoisotopic (exact) mass is 653 g/mol. The second-order valence-corrected chi connectivity index (χ2v) is 14.7. The van der Waals surface area contributed by atoms with Crippen LogP contribution in [0.5, 0.6) is 0 Å². The molecule has 0 saturated heterocycles. The Labute approximate surface area is 294 Å². The van der Waals surface area contributed by atoms with Gasteiger partial charge in [0.15, 0.2) is 0 Å². The van der Waals surface area contributed by atoms with Gasteiger partial charge in [-0.1, -0.05) is 159 Å². The highest BCUT2D eigenvalue weighted by Crippen LogP contribution is 2.31. The molecule has 0 bridgehead atoms. The van der Waals surface area contributed by atoms with Gasteiger partial charge in [0.05, 0.1) is 5.92 Å². The first-order valence-corrected chi connectivity index (χ1v) is 21.0. The lowest BCUT2D eigenvalue weighted by Gasteiger charge is -2.29. The molecule has 1 saturated carbocycles. The molecule has 2 heteroatoms. The van der Waals surface area contributed by atoms with Gasteiger partial charge in [0.2, 0.25) is 0 Å². The fourth-order valence-electron chi connectivity index (χ4n) is 6.90. The fraction of sp³-hybridized carbons (Fsp3) is 0.800. The average molecular weight is 653 g/mol. The summed E-state index contributed by atoms with van der Waals surface area (Å²) in [5, 5.41) is 0. The van der Waals surface area contributed by atoms with Gasteiger partial charge in [-0.3, -0.25) is 4.79 Å². The van der Waals surface area contributed by atoms with Crippen molar-refractivity contribution in [2.75, 3.05) is 0 Å². The van der Waals surface area contributed by atoms with Gasteiger partial charge in [-0.2, -0.15) is 0 Å². The standard InChI is InChI=1S/C45H80O2/c1-4-6-8-10-12-14-16-18-20-22-24-26-28-30-32-34-39-43(47-45(46)44-41-37-36-38-42(44)3)40-35-33-31-29-27-25-23-21-19-17-15-13-11-9-7-5-2/h12-15,18-21,42-44H,4-11,16-17,22-41H2,1-3H3/b14-12-,15-13-,20-18-,21-19-. The molecule has 0 amide bonds. The van der Waals surface area contributed by atoms with Gasteiger partial charge in [0.25, 0.3) is 0 Å². The van der Waals surface area contributed by atoms with E-state index in [0.29, 0.717) is 5.92 Å². The molecule has 1 rings (SSSR count). The van der Waals surface area contributed by atoms with Crippen molar-refractivity contribution in [3.63, 3.8) is 0 Å². The Morgan fingerprint density at radius 3 is 1.34 bits per heavy atom. The van der Waals surface area contributed by atoms with Gasteiger partial charge >= 0.3 is 5.97 Å². The molecular weight excluding hydrogens is 572 g/mol. The highest BCUT2D eigenvalue weighted by Gasteiger charge is 2.30. The molecule has 0 aliphatic heterocycles. The Hall–Kier alpha value is -1.57. The van der Waals surface area contributed by atoms with E-state index in [-0.39, 0.29) is 18.0 Å². The van der Waals surface area contributed by atoms with E-state index in [9.17, 15) is 4.79 Å². The summed E-state index contributed by atoms with van der Waals surface area (Å²) in [6.45, 7) is 6.78. The summed E-state index contributed by atoms with van der Waals surface area (Å²) in [5.74, 6) is 0.737. The Morgan fingerprint density at radius 2 is 0.915 bits per heavy atom. The molecule has 1 aliphatic rings. The zero-order valence-electron chi connectivity index (χ0n) is 31.9. The van der Waals surface area contributed by atoms with Crippen molar-refractivity contribution >= 4 is 5.97 Å². The van der Waals surface area contributed by atoms with E-state index in [2.05, 4.69) is 69.4 Å². The van der Waals surface area contributed by atoms with Crippen LogP contribution >= 0.6 is 0 Å². The number of rotatable bonds is 32. The lowest BCUT2D eigenvalue weighted by atomic mass is 9.80. The van der Waals surface area contributed by atoms with Gasteiger partial charge in [-0.25, -0.2) is 0 Å². The van der Waals surface area contributed by atoms with Crippen LogP contribution in [0.25, 0.3) is 0 Å². The maximum Gasteiger partial charge on any atom is 0.309 e. The summed E-state index contributed by atoms with van der Waals surface area (Å²) in [5.41, 5.74) is 0. The van der Waals surface area contributed by atoms with Crippen molar-refractivity contribution in [3.8, 4) is 0 Å². The molecule has 0 aromatic rings. The maximum atomic E-state index is 13.1. The summed E-state index contributed by atoms with van der Waals surface area (Å²) in [6, 6.07) is 0. The van der Waals surface area contributed by atoms with Crippen LogP contribution in [0.4, 0.5) is 0 Å². The van der Waals surface area contributed by atoms with Gasteiger partial charge in [-0.05, 0) is 109 Å². The van der Waals surface area contributed by atoms with Crippen LogP contribution in [0.2, 0.25) is 0 Å². The highest BCUT2D eigenvalue weighted by molar-refractivity contribution is 5.73. The molecule has 0 heterocycles. The second kappa shape index (κ2) is 34.3. The third kappa shape index (κ3) is 28.0. The SMILES string of the molecule is CCCCC/C=C\C/C=C\CCCCCCCCC(CCCCCCCC/C=C\C/C=C\CCCCC)OC(=O)C1CCCCC1C. The molecule has 1 aliphatic carbocycles. The molecule has 2 nitrogen and oxygen atoms in total. The van der Waals surface area contributed by atoms with E-state index >= 15 is 0 Å². The summed E-state index contributed by atoms with van der Waals surface area (Å²) >= 11 is 0. The van der Waals surface area contributed by atoms with Crippen LogP contribution in [0.3, 0.4) is 0 Å². The van der Waals surface area contributed by atoms with Crippen LogP contribution in [0.1, 0.15) is 213 Å². The van der Waals surface area contributed by atoms with Crippen molar-refractivity contribution in [2.24, 2.45) is 11.8 Å². The number of ether oxygens (including phenoxy) is 1. The van der Waals surface area contributed by atoms with Gasteiger partial charge in [0, 0.05) is 0 Å². The lowest BCUT2D eigenvalue weighted by molar-refractivity contribution is -0.158. The van der Waals surface area contributed by atoms with Crippen molar-refractivity contribution < 1.29 is 9.53 Å². The molecule has 0 aromatic carbocycles. The van der Waals surface area contributed by atoms with Crippen molar-refractivity contribution in [2.45, 2.75) is 219 Å². The van der Waals surface area contributed by atoms with Crippen LogP contribution in [-0.4, -0.2) is 12.1 Å². The summed E-state index contributed by atoms with van der Waals surface area (Å²) in [6.07, 6.45) is 56.3. The Bertz CT molecular complexity index is 742. The number of allylic oxidation sites excluding steroid dienone is 8. The highest BCUT2D eigenvalue weighted by atomic mass is 16.5. The van der Waals surface area contributed by atoms with Gasteiger partial charge in [0.1, 0.15) is 6.10 Å². The molecule has 0 aromatic heterocycles. The van der Waals surface area contributed by atoms with Crippen LogP contribution in [0.15, 0.2) is 48.6 Å². The third-order valence-corrected chi connectivity index (χ3v) is 10.2. The van der Waals surface area contributed by atoms with Gasteiger partial charge in [-0.15, -0.1) is 0 Å². The van der Waals surface area contributed by atoms with Gasteiger partial charge < -0.3 is 4.74 Å². The quantitative estimate of drug-likeness (QED) is 0.0411. The Kier molecular flexibility index (Phi) is 31.7. The summed E-state index contributed by atoms with van der Waals surface area (Å²) in [7, 11) is 0. The zero-order valence-corrected chi connectivity index (χ0v) is 31.9. The van der Waals surface area contributed by atoms with E-state index in [1.165, 1.54) is 161 Å². The normalized spacial score (nSPS) is 17.4. The first-order chi connectivity index (χ1) is 23.2. The number of hydrogen-bond donors (Lipinski definition) is 0. The van der Waals surface area contributed by atoms with Crippen molar-refractivity contribution in [3.05, 3.63) is 48.6 Å². The number of carbonyl (C=O) groups is 1. The maximum absolute atomic E-state index is 13.1. The topological polar surface area (TPSA) is 26.3 Å². The third-order valence-electron chi connectivity index (χ3n) is 10.2.